The van der Waals surface area contributed by atoms with Crippen LogP contribution in [0.2, 0.25) is 0 Å². The standard InChI is InChI=1S/C9H13N5/c10-13-12-5-6-14-7-11-8-3-1-2-4-9(8)14/h7H,1-6H2. The fourth-order valence-corrected chi connectivity index (χ4v) is 1.92. The number of imidazole rings is 1. The Labute approximate surface area is 82.4 Å². The lowest BCUT2D eigenvalue weighted by Crippen LogP contribution is -2.09. The van der Waals surface area contributed by atoms with Gasteiger partial charge in [-0.05, 0) is 31.2 Å². The predicted molar refractivity (Wildman–Crippen MR) is 52.9 cm³/mol. The number of hydrogen-bond donors (Lipinski definition) is 0. The lowest BCUT2D eigenvalue weighted by molar-refractivity contribution is 0.607. The first-order valence-corrected chi connectivity index (χ1v) is 4.95. The molecule has 0 aromatic carbocycles. The lowest BCUT2D eigenvalue weighted by Gasteiger charge is -2.12. The van der Waals surface area contributed by atoms with Crippen molar-refractivity contribution in [3.63, 3.8) is 0 Å². The van der Waals surface area contributed by atoms with Gasteiger partial charge in [0.15, 0.2) is 0 Å². The van der Waals surface area contributed by atoms with Crippen LogP contribution in [-0.2, 0) is 19.4 Å². The summed E-state index contributed by atoms with van der Waals surface area (Å²) < 4.78 is 2.11. The van der Waals surface area contributed by atoms with Gasteiger partial charge in [0, 0.05) is 23.7 Å². The molecule has 1 aliphatic carbocycles. The topological polar surface area (TPSA) is 66.6 Å². The van der Waals surface area contributed by atoms with Crippen LogP contribution in [0.25, 0.3) is 10.4 Å². The Bertz CT molecular complexity index is 361. The maximum absolute atomic E-state index is 8.17. The van der Waals surface area contributed by atoms with Crippen LogP contribution in [0.4, 0.5) is 0 Å². The first-order valence-electron chi connectivity index (χ1n) is 4.95. The van der Waals surface area contributed by atoms with Crippen molar-refractivity contribution in [1.82, 2.24) is 9.55 Å². The number of azide groups is 1. The van der Waals surface area contributed by atoms with Gasteiger partial charge in [-0.15, -0.1) is 0 Å². The maximum Gasteiger partial charge on any atom is 0.0951 e. The molecule has 1 aromatic rings. The Balaban J connectivity index is 2.10. The largest absolute Gasteiger partial charge is 0.334 e. The van der Waals surface area contributed by atoms with Crippen LogP contribution in [-0.4, -0.2) is 16.1 Å². The Morgan fingerprint density at radius 3 is 3.21 bits per heavy atom. The van der Waals surface area contributed by atoms with Crippen molar-refractivity contribution in [3.05, 3.63) is 28.2 Å². The molecular formula is C9H13N5. The Morgan fingerprint density at radius 2 is 2.36 bits per heavy atom. The molecule has 0 amide bonds. The second-order valence-electron chi connectivity index (χ2n) is 3.49. The minimum absolute atomic E-state index is 0.513. The number of hydrogen-bond acceptors (Lipinski definition) is 2. The van der Waals surface area contributed by atoms with E-state index in [1.165, 1.54) is 24.2 Å². The molecule has 2 rings (SSSR count). The van der Waals surface area contributed by atoms with E-state index in [1.54, 1.807) is 0 Å². The highest BCUT2D eigenvalue weighted by molar-refractivity contribution is 5.16. The van der Waals surface area contributed by atoms with E-state index in [2.05, 4.69) is 19.6 Å². The number of aromatic nitrogens is 2. The van der Waals surface area contributed by atoms with E-state index in [0.717, 1.165) is 19.4 Å². The quantitative estimate of drug-likeness (QED) is 0.409. The third-order valence-corrected chi connectivity index (χ3v) is 2.61. The van der Waals surface area contributed by atoms with Crippen molar-refractivity contribution in [2.75, 3.05) is 6.54 Å². The van der Waals surface area contributed by atoms with Crippen molar-refractivity contribution in [2.24, 2.45) is 5.11 Å². The Morgan fingerprint density at radius 1 is 1.50 bits per heavy atom. The van der Waals surface area contributed by atoms with Crippen LogP contribution in [0.5, 0.6) is 0 Å². The fourth-order valence-electron chi connectivity index (χ4n) is 1.92. The van der Waals surface area contributed by atoms with Crippen molar-refractivity contribution in [3.8, 4) is 0 Å². The molecule has 0 bridgehead atoms. The van der Waals surface area contributed by atoms with Gasteiger partial charge in [0.05, 0.1) is 12.0 Å². The van der Waals surface area contributed by atoms with E-state index in [9.17, 15) is 0 Å². The molecule has 0 N–H and O–H groups in total. The van der Waals surface area contributed by atoms with Gasteiger partial charge in [-0.2, -0.15) is 0 Å². The van der Waals surface area contributed by atoms with Crippen LogP contribution < -0.4 is 0 Å². The van der Waals surface area contributed by atoms with Crippen molar-refractivity contribution >= 4 is 0 Å². The second kappa shape index (κ2) is 4.15. The minimum Gasteiger partial charge on any atom is -0.334 e. The normalized spacial score (nSPS) is 14.6. The highest BCUT2D eigenvalue weighted by atomic mass is 15.2. The summed E-state index contributed by atoms with van der Waals surface area (Å²) in [6, 6.07) is 0. The number of aryl methyl sites for hydroxylation is 1. The van der Waals surface area contributed by atoms with Gasteiger partial charge in [0.1, 0.15) is 0 Å². The molecule has 14 heavy (non-hydrogen) atoms. The zero-order valence-corrected chi connectivity index (χ0v) is 8.06. The first kappa shape index (κ1) is 9.09. The summed E-state index contributed by atoms with van der Waals surface area (Å²) in [5.41, 5.74) is 10.7. The molecular weight excluding hydrogens is 178 g/mol. The summed E-state index contributed by atoms with van der Waals surface area (Å²) in [5, 5.41) is 3.53. The average Bonchev–Trinajstić information content (AvgIpc) is 2.63. The molecule has 0 unspecified atom stereocenters. The van der Waals surface area contributed by atoms with Crippen LogP contribution in [0.15, 0.2) is 11.4 Å². The zero-order valence-electron chi connectivity index (χ0n) is 8.06. The van der Waals surface area contributed by atoms with Gasteiger partial charge in [-0.1, -0.05) is 5.11 Å². The third kappa shape index (κ3) is 1.72. The number of fused-ring (bicyclic) bond motifs is 1. The van der Waals surface area contributed by atoms with Gasteiger partial charge < -0.3 is 4.57 Å². The molecule has 1 heterocycles. The molecule has 0 radical (unpaired) electrons. The van der Waals surface area contributed by atoms with Crippen molar-refractivity contribution in [2.45, 2.75) is 32.2 Å². The highest BCUT2D eigenvalue weighted by Gasteiger charge is 2.14. The zero-order chi connectivity index (χ0) is 9.80. The van der Waals surface area contributed by atoms with Gasteiger partial charge >= 0.3 is 0 Å². The summed E-state index contributed by atoms with van der Waals surface area (Å²) in [7, 11) is 0. The molecule has 0 saturated heterocycles. The van der Waals surface area contributed by atoms with E-state index in [-0.39, 0.29) is 0 Å². The molecule has 0 spiro atoms. The van der Waals surface area contributed by atoms with E-state index < -0.39 is 0 Å². The summed E-state index contributed by atoms with van der Waals surface area (Å²) in [6.45, 7) is 1.27. The van der Waals surface area contributed by atoms with Crippen LogP contribution in [0, 0.1) is 0 Å². The molecule has 5 nitrogen and oxygen atoms in total. The average molecular weight is 191 g/mol. The van der Waals surface area contributed by atoms with E-state index in [1.807, 2.05) is 6.33 Å². The second-order valence-corrected chi connectivity index (χ2v) is 3.49. The Hall–Kier alpha value is -1.48. The molecule has 1 aromatic heterocycles. The summed E-state index contributed by atoms with van der Waals surface area (Å²) in [6.07, 6.45) is 6.58. The minimum atomic E-state index is 0.513. The predicted octanol–water partition coefficient (Wildman–Crippen LogP) is 2.07. The van der Waals surface area contributed by atoms with Gasteiger partial charge in [-0.3, -0.25) is 0 Å². The fraction of sp³-hybridized carbons (Fsp3) is 0.667. The van der Waals surface area contributed by atoms with E-state index in [4.69, 9.17) is 5.53 Å². The molecule has 1 aliphatic rings. The smallest absolute Gasteiger partial charge is 0.0951 e. The van der Waals surface area contributed by atoms with Crippen molar-refractivity contribution < 1.29 is 0 Å². The van der Waals surface area contributed by atoms with Gasteiger partial charge in [0.2, 0.25) is 0 Å². The summed E-state index contributed by atoms with van der Waals surface area (Å²) in [5.74, 6) is 0. The first-order chi connectivity index (χ1) is 6.92. The van der Waals surface area contributed by atoms with E-state index >= 15 is 0 Å². The van der Waals surface area contributed by atoms with Crippen LogP contribution in [0.3, 0.4) is 0 Å². The molecule has 0 atom stereocenters. The molecule has 5 heteroatoms. The van der Waals surface area contributed by atoms with Gasteiger partial charge in [-0.25, -0.2) is 4.98 Å². The monoisotopic (exact) mass is 191 g/mol. The SMILES string of the molecule is [N-]=[N+]=NCCn1cnc2c1CCCC2. The summed E-state index contributed by atoms with van der Waals surface area (Å²) >= 11 is 0. The highest BCUT2D eigenvalue weighted by Crippen LogP contribution is 2.19. The molecule has 74 valence electrons. The molecule has 0 aliphatic heterocycles. The van der Waals surface area contributed by atoms with Crippen molar-refractivity contribution in [1.29, 1.82) is 0 Å². The Kier molecular flexibility index (Phi) is 2.70. The number of rotatable bonds is 3. The number of nitrogens with zero attached hydrogens (tertiary/aromatic N) is 5. The van der Waals surface area contributed by atoms with Gasteiger partial charge in [0.25, 0.3) is 0 Å². The lowest BCUT2D eigenvalue weighted by atomic mass is 10.0. The molecule has 0 saturated carbocycles. The van der Waals surface area contributed by atoms with Crippen LogP contribution in [0.1, 0.15) is 24.2 Å². The third-order valence-electron chi connectivity index (χ3n) is 2.61. The maximum atomic E-state index is 8.17. The van der Waals surface area contributed by atoms with Crippen LogP contribution >= 0.6 is 0 Å². The van der Waals surface area contributed by atoms with E-state index in [0.29, 0.717) is 6.54 Å². The summed E-state index contributed by atoms with van der Waals surface area (Å²) in [4.78, 5) is 7.10. The molecule has 0 fully saturated rings.